The van der Waals surface area contributed by atoms with Crippen molar-refractivity contribution in [2.24, 2.45) is 5.73 Å². The monoisotopic (exact) mass is 226 g/mol. The molecule has 0 bridgehead atoms. The van der Waals surface area contributed by atoms with E-state index < -0.39 is 11.0 Å². The van der Waals surface area contributed by atoms with Gasteiger partial charge in [-0.05, 0) is 25.1 Å². The number of aliphatic hydroxyl groups excluding tert-OH is 1. The zero-order chi connectivity index (χ0) is 12.1. The molecule has 0 aromatic heterocycles. The number of nitro groups is 1. The van der Waals surface area contributed by atoms with E-state index >= 15 is 0 Å². The van der Waals surface area contributed by atoms with Gasteiger partial charge >= 0.3 is 5.69 Å². The van der Waals surface area contributed by atoms with Gasteiger partial charge in [-0.3, -0.25) is 10.1 Å². The Morgan fingerprint density at radius 1 is 1.62 bits per heavy atom. The quantitative estimate of drug-likeness (QED) is 0.576. The summed E-state index contributed by atoms with van der Waals surface area (Å²) in [5.74, 6) is 0.138. The summed E-state index contributed by atoms with van der Waals surface area (Å²) in [6, 6.07) is 4.58. The molecule has 3 N–H and O–H groups in total. The summed E-state index contributed by atoms with van der Waals surface area (Å²) >= 11 is 0. The lowest BCUT2D eigenvalue weighted by molar-refractivity contribution is -0.387. The van der Waals surface area contributed by atoms with Crippen LogP contribution in [-0.4, -0.2) is 23.7 Å². The van der Waals surface area contributed by atoms with Crippen molar-refractivity contribution in [2.75, 3.05) is 13.7 Å². The van der Waals surface area contributed by atoms with E-state index in [0.717, 1.165) is 0 Å². The normalized spacial score (nSPS) is 12.2. The van der Waals surface area contributed by atoms with E-state index in [1.165, 1.54) is 19.2 Å². The summed E-state index contributed by atoms with van der Waals surface area (Å²) in [6.07, 6.45) is -0.672. The van der Waals surface area contributed by atoms with E-state index in [2.05, 4.69) is 0 Å². The summed E-state index contributed by atoms with van der Waals surface area (Å²) in [5, 5.41) is 20.6. The minimum Gasteiger partial charge on any atom is -0.490 e. The number of hydrogen-bond acceptors (Lipinski definition) is 5. The van der Waals surface area contributed by atoms with Crippen LogP contribution < -0.4 is 10.5 Å². The molecule has 1 aromatic rings. The highest BCUT2D eigenvalue weighted by Crippen LogP contribution is 2.35. The van der Waals surface area contributed by atoms with Crippen molar-refractivity contribution in [3.63, 3.8) is 0 Å². The molecule has 0 spiro atoms. The van der Waals surface area contributed by atoms with Crippen LogP contribution in [0.15, 0.2) is 18.2 Å². The van der Waals surface area contributed by atoms with E-state index in [9.17, 15) is 15.2 Å². The maximum absolute atomic E-state index is 10.9. The van der Waals surface area contributed by atoms with E-state index in [1.54, 1.807) is 6.07 Å². The number of rotatable bonds is 5. The molecule has 0 fully saturated rings. The predicted molar refractivity (Wildman–Crippen MR) is 58.3 cm³/mol. The molecule has 0 saturated carbocycles. The van der Waals surface area contributed by atoms with Crippen molar-refractivity contribution < 1.29 is 14.8 Å². The number of benzene rings is 1. The Morgan fingerprint density at radius 3 is 2.81 bits per heavy atom. The fourth-order valence-corrected chi connectivity index (χ4v) is 1.48. The molecule has 6 heteroatoms. The molecule has 0 saturated heterocycles. The third-order valence-electron chi connectivity index (χ3n) is 2.23. The molecule has 0 radical (unpaired) electrons. The molecule has 6 nitrogen and oxygen atoms in total. The predicted octanol–water partition coefficient (Wildman–Crippen LogP) is 0.986. The minimum absolute atomic E-state index is 0.138. The first-order chi connectivity index (χ1) is 7.61. The number of ether oxygens (including phenoxy) is 1. The van der Waals surface area contributed by atoms with E-state index in [1.807, 2.05) is 0 Å². The lowest BCUT2D eigenvalue weighted by atomic mass is 10.0. The summed E-state index contributed by atoms with van der Waals surface area (Å²) < 4.78 is 4.89. The van der Waals surface area contributed by atoms with Gasteiger partial charge in [0.15, 0.2) is 5.75 Å². The summed E-state index contributed by atoms with van der Waals surface area (Å²) in [7, 11) is 1.35. The van der Waals surface area contributed by atoms with Crippen LogP contribution in [0.2, 0.25) is 0 Å². The Labute approximate surface area is 92.8 Å². The van der Waals surface area contributed by atoms with Gasteiger partial charge in [0.25, 0.3) is 0 Å². The van der Waals surface area contributed by atoms with Crippen LogP contribution in [0.25, 0.3) is 0 Å². The zero-order valence-corrected chi connectivity index (χ0v) is 8.92. The Balaban J connectivity index is 3.21. The van der Waals surface area contributed by atoms with Gasteiger partial charge in [0.2, 0.25) is 0 Å². The van der Waals surface area contributed by atoms with Crippen molar-refractivity contribution in [3.8, 4) is 5.75 Å². The van der Waals surface area contributed by atoms with E-state index in [4.69, 9.17) is 10.5 Å². The van der Waals surface area contributed by atoms with Crippen LogP contribution in [0.1, 0.15) is 18.1 Å². The molecule has 1 rings (SSSR count). The fraction of sp³-hybridized carbons (Fsp3) is 0.400. The average molecular weight is 226 g/mol. The topological polar surface area (TPSA) is 98.6 Å². The van der Waals surface area contributed by atoms with Gasteiger partial charge in [0.1, 0.15) is 0 Å². The minimum atomic E-state index is -0.944. The van der Waals surface area contributed by atoms with E-state index in [0.29, 0.717) is 0 Å². The van der Waals surface area contributed by atoms with Crippen LogP contribution in [0, 0.1) is 10.1 Å². The highest BCUT2D eigenvalue weighted by atomic mass is 16.6. The number of hydrogen-bond donors (Lipinski definition) is 2. The fourth-order valence-electron chi connectivity index (χ4n) is 1.48. The van der Waals surface area contributed by atoms with Crippen molar-refractivity contribution in [3.05, 3.63) is 33.9 Å². The standard InChI is InChI=1S/C10H14N2O4/c1-16-9-4-2-3-7(8(13)5-6-11)10(9)12(14)15/h2-4,8,13H,5-6,11H2,1H3/t8-/m1/s1. The number of methoxy groups -OCH3 is 1. The van der Waals surface area contributed by atoms with E-state index in [-0.39, 0.29) is 30.0 Å². The van der Waals surface area contributed by atoms with Gasteiger partial charge in [-0.15, -0.1) is 0 Å². The lowest BCUT2D eigenvalue weighted by Gasteiger charge is -2.11. The zero-order valence-electron chi connectivity index (χ0n) is 8.92. The second kappa shape index (κ2) is 5.43. The van der Waals surface area contributed by atoms with Crippen molar-refractivity contribution in [1.29, 1.82) is 0 Å². The number of nitrogens with zero attached hydrogens (tertiary/aromatic N) is 1. The second-order valence-electron chi connectivity index (χ2n) is 3.25. The number of nitro benzene ring substituents is 1. The Hall–Kier alpha value is -1.66. The molecule has 0 amide bonds. The molecule has 0 unspecified atom stereocenters. The maximum Gasteiger partial charge on any atom is 0.316 e. The largest absolute Gasteiger partial charge is 0.490 e. The highest BCUT2D eigenvalue weighted by Gasteiger charge is 2.24. The Bertz CT molecular complexity index is 381. The number of para-hydroxylation sites is 1. The smallest absolute Gasteiger partial charge is 0.316 e. The SMILES string of the molecule is COc1cccc([C@H](O)CCN)c1[N+](=O)[O-]. The first-order valence-electron chi connectivity index (χ1n) is 4.81. The summed E-state index contributed by atoms with van der Waals surface area (Å²) in [6.45, 7) is 0.259. The molecule has 1 atom stereocenters. The van der Waals surface area contributed by atoms with Crippen molar-refractivity contribution >= 4 is 5.69 Å². The summed E-state index contributed by atoms with van der Waals surface area (Å²) in [5.41, 5.74) is 5.33. The third kappa shape index (κ3) is 2.47. The molecule has 0 aliphatic carbocycles. The lowest BCUT2D eigenvalue weighted by Crippen LogP contribution is -2.09. The first kappa shape index (κ1) is 12.4. The van der Waals surface area contributed by atoms with Gasteiger partial charge < -0.3 is 15.6 Å². The molecular formula is C10H14N2O4. The summed E-state index contributed by atoms with van der Waals surface area (Å²) in [4.78, 5) is 10.3. The van der Waals surface area contributed by atoms with Gasteiger partial charge in [0, 0.05) is 0 Å². The maximum atomic E-state index is 10.9. The van der Waals surface area contributed by atoms with Gasteiger partial charge in [0.05, 0.1) is 23.7 Å². The van der Waals surface area contributed by atoms with Crippen LogP contribution >= 0.6 is 0 Å². The van der Waals surface area contributed by atoms with Crippen LogP contribution in [-0.2, 0) is 0 Å². The second-order valence-corrected chi connectivity index (χ2v) is 3.25. The Kier molecular flexibility index (Phi) is 4.21. The molecule has 16 heavy (non-hydrogen) atoms. The van der Waals surface area contributed by atoms with Crippen molar-refractivity contribution in [1.82, 2.24) is 0 Å². The van der Waals surface area contributed by atoms with Gasteiger partial charge in [-0.25, -0.2) is 0 Å². The average Bonchev–Trinajstić information content (AvgIpc) is 2.28. The van der Waals surface area contributed by atoms with Gasteiger partial charge in [-0.1, -0.05) is 6.07 Å². The molecular weight excluding hydrogens is 212 g/mol. The first-order valence-corrected chi connectivity index (χ1v) is 4.81. The molecule has 88 valence electrons. The van der Waals surface area contributed by atoms with Crippen LogP contribution in [0.4, 0.5) is 5.69 Å². The number of nitrogens with two attached hydrogens (primary N) is 1. The molecule has 1 aromatic carbocycles. The van der Waals surface area contributed by atoms with Crippen molar-refractivity contribution in [2.45, 2.75) is 12.5 Å². The molecule has 0 heterocycles. The van der Waals surface area contributed by atoms with Gasteiger partial charge in [-0.2, -0.15) is 0 Å². The third-order valence-corrected chi connectivity index (χ3v) is 2.23. The number of aliphatic hydroxyl groups is 1. The molecule has 0 aliphatic rings. The Morgan fingerprint density at radius 2 is 2.31 bits per heavy atom. The highest BCUT2D eigenvalue weighted by molar-refractivity contribution is 5.53. The van der Waals surface area contributed by atoms with Crippen LogP contribution in [0.5, 0.6) is 5.75 Å². The molecule has 0 aliphatic heterocycles. The van der Waals surface area contributed by atoms with Crippen LogP contribution in [0.3, 0.4) is 0 Å².